The maximum atomic E-state index is 11.8. The normalized spacial score (nSPS) is 51.4. The predicted molar refractivity (Wildman–Crippen MR) is 127 cm³/mol. The van der Waals surface area contributed by atoms with Crippen molar-refractivity contribution in [3.63, 3.8) is 0 Å². The molecule has 0 aromatic rings. The van der Waals surface area contributed by atoms with Crippen molar-refractivity contribution in [3.8, 4) is 0 Å². The molecule has 0 bridgehead atoms. The zero-order chi connectivity index (χ0) is 23.2. The Morgan fingerprint density at radius 2 is 1.62 bits per heavy atom. The number of hydrogen-bond acceptors (Lipinski definition) is 3. The van der Waals surface area contributed by atoms with Crippen LogP contribution in [0.5, 0.6) is 0 Å². The quantitative estimate of drug-likeness (QED) is 0.341. The standard InChI is InChI=1S/C29H46O3/c1-19(8-7-17-30)21-11-13-27(6)23-10-9-22-25(3,4)24(32-20(2)31)12-14-28(22)18-29(23,28)16-15-26(21,27)5/h17,19,21-24H,7-16,18H2,1-6H3. The minimum atomic E-state index is -0.111. The second kappa shape index (κ2) is 7.08. The van der Waals surface area contributed by atoms with Crippen LogP contribution in [0.1, 0.15) is 112 Å². The highest BCUT2D eigenvalue weighted by atomic mass is 16.5. The highest BCUT2D eigenvalue weighted by Gasteiger charge is 2.82. The molecule has 0 saturated heterocycles. The summed E-state index contributed by atoms with van der Waals surface area (Å²) >= 11 is 0. The van der Waals surface area contributed by atoms with Crippen LogP contribution in [-0.2, 0) is 14.3 Å². The van der Waals surface area contributed by atoms with Crippen molar-refractivity contribution in [2.45, 2.75) is 118 Å². The summed E-state index contributed by atoms with van der Waals surface area (Å²) in [5.74, 6) is 2.87. The molecule has 5 saturated carbocycles. The molecule has 5 fully saturated rings. The van der Waals surface area contributed by atoms with E-state index in [1.165, 1.54) is 51.4 Å². The summed E-state index contributed by atoms with van der Waals surface area (Å²) in [7, 11) is 0. The molecule has 5 rings (SSSR count). The molecule has 0 aromatic heterocycles. The topological polar surface area (TPSA) is 43.4 Å². The zero-order valence-corrected chi connectivity index (χ0v) is 21.5. The van der Waals surface area contributed by atoms with Crippen LogP contribution in [0.25, 0.3) is 0 Å². The van der Waals surface area contributed by atoms with Crippen LogP contribution in [0.2, 0.25) is 0 Å². The molecule has 9 atom stereocenters. The van der Waals surface area contributed by atoms with Crippen molar-refractivity contribution >= 4 is 12.3 Å². The molecule has 5 aliphatic carbocycles. The molecule has 0 N–H and O–H groups in total. The van der Waals surface area contributed by atoms with E-state index in [0.29, 0.717) is 33.5 Å². The van der Waals surface area contributed by atoms with Gasteiger partial charge >= 0.3 is 5.97 Å². The van der Waals surface area contributed by atoms with Gasteiger partial charge in [0.15, 0.2) is 0 Å². The number of carbonyl (C=O) groups is 2. The monoisotopic (exact) mass is 442 g/mol. The first-order valence-electron chi connectivity index (χ1n) is 13.6. The molecule has 0 radical (unpaired) electrons. The zero-order valence-electron chi connectivity index (χ0n) is 21.5. The molecule has 9 unspecified atom stereocenters. The van der Waals surface area contributed by atoms with E-state index in [4.69, 9.17) is 4.74 Å². The Balaban J connectivity index is 1.43. The molecule has 32 heavy (non-hydrogen) atoms. The Kier molecular flexibility index (Phi) is 5.07. The second-order valence-corrected chi connectivity index (χ2v) is 13.8. The summed E-state index contributed by atoms with van der Waals surface area (Å²) in [5, 5.41) is 0. The number of fused-ring (bicyclic) bond motifs is 2. The van der Waals surface area contributed by atoms with Gasteiger partial charge in [-0.15, -0.1) is 0 Å². The number of hydrogen-bond donors (Lipinski definition) is 0. The van der Waals surface area contributed by atoms with E-state index in [2.05, 4.69) is 34.6 Å². The number of esters is 1. The molecule has 180 valence electrons. The van der Waals surface area contributed by atoms with Crippen molar-refractivity contribution in [3.05, 3.63) is 0 Å². The van der Waals surface area contributed by atoms with Gasteiger partial charge in [-0.25, -0.2) is 0 Å². The molecule has 0 amide bonds. The Morgan fingerprint density at radius 1 is 0.938 bits per heavy atom. The predicted octanol–water partition coefficient (Wildman–Crippen LogP) is 6.97. The molecule has 2 spiro atoms. The molecule has 3 nitrogen and oxygen atoms in total. The van der Waals surface area contributed by atoms with Crippen molar-refractivity contribution in [2.75, 3.05) is 0 Å². The first-order valence-corrected chi connectivity index (χ1v) is 13.6. The lowest BCUT2D eigenvalue weighted by Crippen LogP contribution is -2.58. The van der Waals surface area contributed by atoms with Crippen molar-refractivity contribution in [1.82, 2.24) is 0 Å². The highest BCUT2D eigenvalue weighted by molar-refractivity contribution is 5.66. The summed E-state index contributed by atoms with van der Waals surface area (Å²) in [4.78, 5) is 22.8. The minimum Gasteiger partial charge on any atom is -0.462 e. The summed E-state index contributed by atoms with van der Waals surface area (Å²) < 4.78 is 5.87. The van der Waals surface area contributed by atoms with Gasteiger partial charge in [-0.05, 0) is 110 Å². The minimum absolute atomic E-state index is 0.0849. The van der Waals surface area contributed by atoms with Gasteiger partial charge in [0.2, 0.25) is 0 Å². The fourth-order valence-electron chi connectivity index (χ4n) is 11.2. The number of ether oxygens (including phenoxy) is 1. The van der Waals surface area contributed by atoms with Gasteiger partial charge in [-0.2, -0.15) is 0 Å². The molecule has 5 aliphatic rings. The highest BCUT2D eigenvalue weighted by Crippen LogP contribution is 2.89. The second-order valence-electron chi connectivity index (χ2n) is 13.8. The molecular formula is C29H46O3. The van der Waals surface area contributed by atoms with Crippen LogP contribution in [0, 0.1) is 50.7 Å². The fourth-order valence-corrected chi connectivity index (χ4v) is 11.2. The van der Waals surface area contributed by atoms with Gasteiger partial charge in [-0.1, -0.05) is 34.6 Å². The Labute approximate surface area is 195 Å². The lowest BCUT2D eigenvalue weighted by atomic mass is 9.41. The maximum absolute atomic E-state index is 11.8. The van der Waals surface area contributed by atoms with Crippen LogP contribution >= 0.6 is 0 Å². The van der Waals surface area contributed by atoms with Crippen LogP contribution in [0.4, 0.5) is 0 Å². The average Bonchev–Trinajstić information content (AvgIpc) is 3.31. The average molecular weight is 443 g/mol. The van der Waals surface area contributed by atoms with Crippen molar-refractivity contribution < 1.29 is 14.3 Å². The van der Waals surface area contributed by atoms with Crippen LogP contribution < -0.4 is 0 Å². The van der Waals surface area contributed by atoms with Crippen molar-refractivity contribution in [1.29, 1.82) is 0 Å². The Morgan fingerprint density at radius 3 is 2.31 bits per heavy atom. The third-order valence-corrected chi connectivity index (χ3v) is 12.8. The lowest BCUT2D eigenvalue weighted by Gasteiger charge is -2.63. The molecule has 3 heteroatoms. The van der Waals surface area contributed by atoms with Gasteiger partial charge in [0, 0.05) is 18.8 Å². The number of rotatable bonds is 5. The third-order valence-electron chi connectivity index (χ3n) is 12.8. The number of aldehydes is 1. The van der Waals surface area contributed by atoms with E-state index in [-0.39, 0.29) is 17.5 Å². The molecule has 0 aliphatic heterocycles. The van der Waals surface area contributed by atoms with E-state index in [1.54, 1.807) is 6.92 Å². The Bertz CT molecular complexity index is 802. The van der Waals surface area contributed by atoms with E-state index in [1.807, 2.05) is 0 Å². The van der Waals surface area contributed by atoms with Gasteiger partial charge < -0.3 is 9.53 Å². The maximum Gasteiger partial charge on any atom is 0.302 e. The van der Waals surface area contributed by atoms with Crippen LogP contribution in [0.3, 0.4) is 0 Å². The lowest BCUT2D eigenvalue weighted by molar-refractivity contribution is -0.181. The van der Waals surface area contributed by atoms with Gasteiger partial charge in [0.05, 0.1) is 0 Å². The molecule has 0 aromatic carbocycles. The molecular weight excluding hydrogens is 396 g/mol. The Hall–Kier alpha value is -0.860. The smallest absolute Gasteiger partial charge is 0.302 e. The fraction of sp³-hybridized carbons (Fsp3) is 0.931. The number of carbonyl (C=O) groups excluding carboxylic acids is 2. The first kappa shape index (κ1) is 22.9. The largest absolute Gasteiger partial charge is 0.462 e. The van der Waals surface area contributed by atoms with E-state index in [9.17, 15) is 9.59 Å². The van der Waals surface area contributed by atoms with E-state index in [0.717, 1.165) is 37.4 Å². The summed E-state index contributed by atoms with van der Waals surface area (Å²) in [6, 6.07) is 0. The SMILES string of the molecule is CC(=O)OC1CCC23CC24CCC2(C)C(C(C)CCC=O)CCC2(C)C4CCC3C1(C)C. The van der Waals surface area contributed by atoms with E-state index >= 15 is 0 Å². The third kappa shape index (κ3) is 2.66. The van der Waals surface area contributed by atoms with E-state index < -0.39 is 0 Å². The summed E-state index contributed by atoms with van der Waals surface area (Å²) in [6.07, 6.45) is 14.9. The van der Waals surface area contributed by atoms with Gasteiger partial charge in [0.1, 0.15) is 12.4 Å². The first-order chi connectivity index (χ1) is 15.0. The van der Waals surface area contributed by atoms with Crippen LogP contribution in [-0.4, -0.2) is 18.4 Å². The molecule has 0 heterocycles. The van der Waals surface area contributed by atoms with Gasteiger partial charge in [0.25, 0.3) is 0 Å². The van der Waals surface area contributed by atoms with Crippen LogP contribution in [0.15, 0.2) is 0 Å². The van der Waals surface area contributed by atoms with Gasteiger partial charge in [-0.3, -0.25) is 4.79 Å². The summed E-state index contributed by atoms with van der Waals surface area (Å²) in [6.45, 7) is 14.1. The summed E-state index contributed by atoms with van der Waals surface area (Å²) in [5.41, 5.74) is 2.00. The van der Waals surface area contributed by atoms with Crippen molar-refractivity contribution in [2.24, 2.45) is 50.7 Å².